The van der Waals surface area contributed by atoms with Crippen molar-refractivity contribution in [3.05, 3.63) is 23.8 Å². The third-order valence-corrected chi connectivity index (χ3v) is 3.01. The fraction of sp³-hybridized carbons (Fsp3) is 0.417. The van der Waals surface area contributed by atoms with Crippen molar-refractivity contribution in [2.45, 2.75) is 12.7 Å². The Hall–Kier alpha value is -2.16. The van der Waals surface area contributed by atoms with Crippen molar-refractivity contribution in [3.8, 4) is 11.5 Å². The van der Waals surface area contributed by atoms with Gasteiger partial charge in [-0.05, 0) is 6.07 Å². The molecule has 1 aromatic carbocycles. The van der Waals surface area contributed by atoms with Crippen LogP contribution >= 0.6 is 0 Å². The lowest BCUT2D eigenvalue weighted by Crippen LogP contribution is -2.42. The first-order chi connectivity index (χ1) is 9.93. The number of alkyl halides is 3. The number of benzene rings is 1. The van der Waals surface area contributed by atoms with Crippen LogP contribution in [-0.4, -0.2) is 30.6 Å². The van der Waals surface area contributed by atoms with Gasteiger partial charge in [0, 0.05) is 18.7 Å². The van der Waals surface area contributed by atoms with Crippen molar-refractivity contribution in [1.29, 1.82) is 0 Å². The van der Waals surface area contributed by atoms with E-state index >= 15 is 0 Å². The first-order valence-corrected chi connectivity index (χ1v) is 6.06. The van der Waals surface area contributed by atoms with Gasteiger partial charge >= 0.3 is 6.18 Å². The summed E-state index contributed by atoms with van der Waals surface area (Å²) in [5, 5.41) is 13.5. The van der Waals surface area contributed by atoms with Gasteiger partial charge in [0.1, 0.15) is 5.92 Å². The van der Waals surface area contributed by atoms with Crippen LogP contribution in [0.2, 0.25) is 0 Å². The molecular formula is C12H14F3N3O3. The van der Waals surface area contributed by atoms with Crippen molar-refractivity contribution in [1.82, 2.24) is 5.32 Å². The molecule has 1 aromatic rings. The van der Waals surface area contributed by atoms with Crippen LogP contribution in [0, 0.1) is 5.92 Å². The topological polar surface area (TPSA) is 89.1 Å². The number of oxime groups is 1. The van der Waals surface area contributed by atoms with Crippen molar-refractivity contribution >= 4 is 5.84 Å². The number of hydrogen-bond donors (Lipinski definition) is 3. The Labute approximate surface area is 118 Å². The molecule has 0 aliphatic carbocycles. The second-order valence-electron chi connectivity index (χ2n) is 4.40. The Kier molecular flexibility index (Phi) is 4.41. The van der Waals surface area contributed by atoms with Gasteiger partial charge in [-0.15, -0.1) is 0 Å². The number of nitrogens with zero attached hydrogens (tertiary/aromatic N) is 1. The Morgan fingerprint density at radius 3 is 2.86 bits per heavy atom. The lowest BCUT2D eigenvalue weighted by Gasteiger charge is -2.19. The fourth-order valence-corrected chi connectivity index (χ4v) is 1.94. The molecule has 1 aliphatic rings. The maximum atomic E-state index is 12.7. The van der Waals surface area contributed by atoms with Crippen LogP contribution < -0.4 is 20.5 Å². The Morgan fingerprint density at radius 2 is 2.19 bits per heavy atom. The quantitative estimate of drug-likeness (QED) is 0.331. The summed E-state index contributed by atoms with van der Waals surface area (Å²) in [7, 11) is 0. The average molecular weight is 305 g/mol. The van der Waals surface area contributed by atoms with E-state index in [0.717, 1.165) is 0 Å². The number of nitrogens with one attached hydrogen (secondary N) is 1. The number of rotatable bonds is 5. The van der Waals surface area contributed by atoms with Gasteiger partial charge in [0.05, 0.1) is 0 Å². The Bertz CT molecular complexity index is 534. The van der Waals surface area contributed by atoms with E-state index in [4.69, 9.17) is 20.4 Å². The second kappa shape index (κ2) is 6.08. The minimum Gasteiger partial charge on any atom is -0.454 e. The molecular weight excluding hydrogens is 291 g/mol. The predicted octanol–water partition coefficient (Wildman–Crippen LogP) is 1.43. The minimum atomic E-state index is -4.60. The summed E-state index contributed by atoms with van der Waals surface area (Å²) < 4.78 is 48.7. The summed E-state index contributed by atoms with van der Waals surface area (Å²) in [4.78, 5) is 0. The number of fused-ring (bicyclic) bond motifs is 1. The van der Waals surface area contributed by atoms with Gasteiger partial charge in [0.25, 0.3) is 0 Å². The molecule has 2 rings (SSSR count). The molecule has 1 aliphatic heterocycles. The molecule has 0 spiro atoms. The molecule has 0 saturated carbocycles. The first-order valence-electron chi connectivity index (χ1n) is 6.06. The third kappa shape index (κ3) is 3.48. The van der Waals surface area contributed by atoms with Gasteiger partial charge in [-0.2, -0.15) is 13.2 Å². The highest BCUT2D eigenvalue weighted by atomic mass is 19.4. The summed E-state index contributed by atoms with van der Waals surface area (Å²) in [5.74, 6) is -1.88. The van der Waals surface area contributed by atoms with Gasteiger partial charge in [0.2, 0.25) is 6.79 Å². The highest BCUT2D eigenvalue weighted by Gasteiger charge is 2.42. The van der Waals surface area contributed by atoms with E-state index in [1.54, 1.807) is 18.2 Å². The largest absolute Gasteiger partial charge is 0.454 e. The first kappa shape index (κ1) is 15.2. The molecule has 0 radical (unpaired) electrons. The van der Waals surface area contributed by atoms with E-state index < -0.39 is 24.5 Å². The Balaban J connectivity index is 1.99. The van der Waals surface area contributed by atoms with Crippen LogP contribution in [0.15, 0.2) is 23.4 Å². The van der Waals surface area contributed by atoms with Gasteiger partial charge in [-0.25, -0.2) is 0 Å². The van der Waals surface area contributed by atoms with Crippen LogP contribution in [0.25, 0.3) is 0 Å². The smallest absolute Gasteiger partial charge is 0.400 e. The maximum absolute atomic E-state index is 12.7. The molecule has 116 valence electrons. The molecule has 0 bridgehead atoms. The number of nitrogens with two attached hydrogens (primary N) is 1. The zero-order chi connectivity index (χ0) is 15.5. The van der Waals surface area contributed by atoms with Gasteiger partial charge < -0.3 is 25.7 Å². The number of para-hydroxylation sites is 1. The molecule has 0 fully saturated rings. The van der Waals surface area contributed by atoms with Crippen molar-refractivity contribution in [2.75, 3.05) is 13.3 Å². The highest BCUT2D eigenvalue weighted by molar-refractivity contribution is 5.83. The van der Waals surface area contributed by atoms with Crippen LogP contribution in [0.3, 0.4) is 0 Å². The van der Waals surface area contributed by atoms with Crippen LogP contribution in [0.4, 0.5) is 13.2 Å². The SMILES string of the molecule is N/C(=N/O)C(CNCc1cccc2c1OCO2)C(F)(F)F. The molecule has 0 aromatic heterocycles. The number of amidine groups is 1. The minimum absolute atomic E-state index is 0.0850. The molecule has 4 N–H and O–H groups in total. The van der Waals surface area contributed by atoms with E-state index in [0.29, 0.717) is 17.1 Å². The van der Waals surface area contributed by atoms with Gasteiger partial charge in [0.15, 0.2) is 17.3 Å². The third-order valence-electron chi connectivity index (χ3n) is 3.01. The standard InChI is InChI=1S/C12H14F3N3O3/c13-12(14,15)8(11(16)18-19)5-17-4-7-2-1-3-9-10(7)21-6-20-9/h1-3,8,17,19H,4-6H2,(H2,16,18). The zero-order valence-corrected chi connectivity index (χ0v) is 10.9. The molecule has 1 atom stereocenters. The summed E-state index contributed by atoms with van der Waals surface area (Å²) >= 11 is 0. The van der Waals surface area contributed by atoms with Crippen LogP contribution in [0.5, 0.6) is 11.5 Å². The molecule has 1 unspecified atom stereocenters. The summed E-state index contributed by atoms with van der Waals surface area (Å²) in [5.41, 5.74) is 5.74. The van der Waals surface area contributed by atoms with Gasteiger partial charge in [-0.3, -0.25) is 0 Å². The molecule has 0 saturated heterocycles. The van der Waals surface area contributed by atoms with E-state index in [9.17, 15) is 13.2 Å². The average Bonchev–Trinajstić information content (AvgIpc) is 2.90. The zero-order valence-electron chi connectivity index (χ0n) is 10.9. The predicted molar refractivity (Wildman–Crippen MR) is 67.2 cm³/mol. The molecule has 1 heterocycles. The van der Waals surface area contributed by atoms with E-state index in [1.165, 1.54) is 0 Å². The molecule has 0 amide bonds. The van der Waals surface area contributed by atoms with Crippen molar-refractivity contribution < 1.29 is 27.9 Å². The van der Waals surface area contributed by atoms with E-state index in [1.807, 2.05) is 0 Å². The van der Waals surface area contributed by atoms with Crippen LogP contribution in [0.1, 0.15) is 5.56 Å². The number of hydrogen-bond acceptors (Lipinski definition) is 5. The Morgan fingerprint density at radius 1 is 1.43 bits per heavy atom. The fourth-order valence-electron chi connectivity index (χ4n) is 1.94. The maximum Gasteiger partial charge on any atom is 0.400 e. The number of ether oxygens (including phenoxy) is 2. The highest BCUT2D eigenvalue weighted by Crippen LogP contribution is 2.35. The lowest BCUT2D eigenvalue weighted by atomic mass is 10.1. The van der Waals surface area contributed by atoms with Gasteiger partial charge in [-0.1, -0.05) is 17.3 Å². The monoisotopic (exact) mass is 305 g/mol. The van der Waals surface area contributed by atoms with Crippen molar-refractivity contribution in [2.24, 2.45) is 16.8 Å². The lowest BCUT2D eigenvalue weighted by molar-refractivity contribution is -0.154. The molecule has 9 heteroatoms. The summed E-state index contributed by atoms with van der Waals surface area (Å²) in [6.07, 6.45) is -4.60. The van der Waals surface area contributed by atoms with Crippen molar-refractivity contribution in [3.63, 3.8) is 0 Å². The number of halogens is 3. The summed E-state index contributed by atoms with van der Waals surface area (Å²) in [6, 6.07) is 5.14. The normalized spacial score (nSPS) is 16.0. The van der Waals surface area contributed by atoms with Crippen LogP contribution in [-0.2, 0) is 6.54 Å². The van der Waals surface area contributed by atoms with E-state index in [-0.39, 0.29) is 13.3 Å². The molecule has 21 heavy (non-hydrogen) atoms. The molecule has 6 nitrogen and oxygen atoms in total. The van der Waals surface area contributed by atoms with E-state index in [2.05, 4.69) is 10.5 Å². The summed E-state index contributed by atoms with van der Waals surface area (Å²) in [6.45, 7) is -0.288. The second-order valence-corrected chi connectivity index (χ2v) is 4.40.